The zero-order chi connectivity index (χ0) is 60.2. The minimum absolute atomic E-state index is 0.244. The number of aromatic nitrogens is 4. The SMILES string of the molecule is Cc1sc(CN2Cc3ccc4c(c3)c3ccccc3n4CCCn3c4ccccc4c4cc(ccc43)C2)cc1C1=C(c2cc(CN3Cc4ccc5c(c4)c4ccccc4n5CCCn4c5ccccc5c5cc(ccc54)C3)sc2C)C(F)(F)C(F)(F)C1(F)F. The third-order valence-corrected chi connectivity index (χ3v) is 21.5. The van der Waals surface area contributed by atoms with Gasteiger partial charge in [-0.1, -0.05) is 97.1 Å². The Hall–Kier alpha value is -8.40. The molecule has 0 amide bonds. The lowest BCUT2D eigenvalue weighted by molar-refractivity contribution is -0.254. The van der Waals surface area contributed by atoms with Crippen molar-refractivity contribution < 1.29 is 26.3 Å². The highest BCUT2D eigenvalue weighted by atomic mass is 32.1. The smallest absolute Gasteiger partial charge is 0.340 e. The summed E-state index contributed by atoms with van der Waals surface area (Å²) in [5.74, 6) is -16.1. The van der Waals surface area contributed by atoms with Crippen LogP contribution in [-0.2, 0) is 65.4 Å². The Morgan fingerprint density at radius 1 is 0.337 bits per heavy atom. The lowest BCUT2D eigenvalue weighted by atomic mass is 9.95. The molecule has 1 aliphatic carbocycles. The van der Waals surface area contributed by atoms with Gasteiger partial charge in [0, 0.05) is 183 Å². The summed E-state index contributed by atoms with van der Waals surface area (Å²) in [4.78, 5) is 6.21. The minimum Gasteiger partial charge on any atom is -0.340 e. The molecule has 0 spiro atoms. The number of hydrogen-bond acceptors (Lipinski definition) is 4. The molecule has 0 fully saturated rings. The first-order chi connectivity index (χ1) is 43.2. The molecule has 0 saturated heterocycles. The predicted octanol–water partition coefficient (Wildman–Crippen LogP) is 19.9. The van der Waals surface area contributed by atoms with Crippen LogP contribution in [0.3, 0.4) is 0 Å². The molecule has 0 radical (unpaired) electrons. The zero-order valence-electron chi connectivity index (χ0n) is 49.1. The molecule has 14 aromatic rings. The molecule has 23 rings (SSSR count). The summed E-state index contributed by atoms with van der Waals surface area (Å²) in [7, 11) is 0. The second-order valence-corrected chi connectivity index (χ2v) is 27.6. The van der Waals surface area contributed by atoms with Gasteiger partial charge < -0.3 is 18.3 Å². The van der Waals surface area contributed by atoms with Crippen LogP contribution in [-0.4, -0.2) is 45.8 Å². The first-order valence-corrected chi connectivity index (χ1v) is 32.3. The van der Waals surface area contributed by atoms with Crippen LogP contribution >= 0.6 is 22.7 Å². The second-order valence-electron chi connectivity index (χ2n) is 24.9. The van der Waals surface area contributed by atoms with E-state index in [-0.39, 0.29) is 34.0 Å². The second kappa shape index (κ2) is 20.3. The first-order valence-electron chi connectivity index (χ1n) is 30.7. The number of nitrogens with zero attached hydrogens (tertiary/aromatic N) is 6. The Bertz CT molecular complexity index is 4710. The van der Waals surface area contributed by atoms with E-state index in [1.165, 1.54) is 34.8 Å². The number of para-hydroxylation sites is 4. The van der Waals surface area contributed by atoms with Crippen LogP contribution in [0, 0.1) is 13.8 Å². The molecule has 0 atom stereocenters. The summed E-state index contributed by atoms with van der Waals surface area (Å²) in [5, 5.41) is 9.16. The van der Waals surface area contributed by atoms with Gasteiger partial charge in [0.1, 0.15) is 0 Å². The molecule has 6 aromatic heterocycles. The van der Waals surface area contributed by atoms with E-state index in [9.17, 15) is 0 Å². The number of rotatable bonds is 6. The summed E-state index contributed by atoms with van der Waals surface area (Å²) >= 11 is 2.38. The van der Waals surface area contributed by atoms with Crippen LogP contribution in [0.15, 0.2) is 182 Å². The third kappa shape index (κ3) is 8.49. The zero-order valence-corrected chi connectivity index (χ0v) is 50.7. The van der Waals surface area contributed by atoms with Crippen molar-refractivity contribution in [2.75, 3.05) is 0 Å². The Balaban J connectivity index is 0.752. The minimum atomic E-state index is -5.71. The average Bonchev–Trinajstić information content (AvgIpc) is 1.53. The number of hydrogen-bond donors (Lipinski definition) is 0. The molecule has 14 heteroatoms. The van der Waals surface area contributed by atoms with Crippen LogP contribution in [0.2, 0.25) is 0 Å². The molecular formula is C75H60F6N6S2. The number of benzene rings is 8. The molecule has 0 N–H and O–H groups in total. The van der Waals surface area contributed by atoms with Crippen LogP contribution in [0.5, 0.6) is 0 Å². The standard InChI is InChI=1S/C75H60F6N6S2/c1-45-57(37-51(88-45)43-82-39-47-21-25-67-59(33-47)53-13-3-7-17-63(53)84(67)29-11-30-85-64-18-8-4-14-54(64)60-34-48(40-82)22-26-68(60)85)71-72(74(78,79)75(80,81)73(71,76)77)58-38-52(89-46(58)2)44-83-41-49-23-27-69-61(35-49)55-15-5-9-19-65(55)86(69)31-12-32-87-66-20-10-6-16-56(66)62-36-50(42-83)24-28-70(62)87/h3-10,13-28,33-38H,11-12,29-32,39-44H2,1-2H3. The number of aryl methyl sites for hydroxylation is 6. The van der Waals surface area contributed by atoms with E-state index in [0.29, 0.717) is 35.9 Å². The van der Waals surface area contributed by atoms with Crippen LogP contribution < -0.4 is 0 Å². The number of halogens is 6. The highest BCUT2D eigenvalue weighted by Gasteiger charge is 2.80. The maximum absolute atomic E-state index is 17.0. The van der Waals surface area contributed by atoms with Gasteiger partial charge in [-0.25, -0.2) is 0 Å². The molecule has 14 heterocycles. The van der Waals surface area contributed by atoms with E-state index in [1.807, 2.05) is 0 Å². The summed E-state index contributed by atoms with van der Waals surface area (Å²) in [6, 6.07) is 63.1. The molecule has 444 valence electrons. The van der Waals surface area contributed by atoms with Gasteiger partial charge >= 0.3 is 17.8 Å². The molecule has 6 nitrogen and oxygen atoms in total. The van der Waals surface area contributed by atoms with Gasteiger partial charge in [0.2, 0.25) is 0 Å². The van der Waals surface area contributed by atoms with E-state index >= 15 is 26.3 Å². The lowest BCUT2D eigenvalue weighted by Crippen LogP contribution is -2.48. The highest BCUT2D eigenvalue weighted by Crippen LogP contribution is 2.66. The Kier molecular flexibility index (Phi) is 12.5. The van der Waals surface area contributed by atoms with Crippen molar-refractivity contribution in [1.29, 1.82) is 0 Å². The number of thiophene rings is 2. The van der Waals surface area contributed by atoms with Crippen molar-refractivity contribution in [2.45, 2.75) is 110 Å². The van der Waals surface area contributed by atoms with E-state index in [1.54, 1.807) is 13.8 Å². The summed E-state index contributed by atoms with van der Waals surface area (Å²) in [6.45, 7) is 8.80. The number of fused-ring (bicyclic) bond motifs is 4. The number of allylic oxidation sites excluding steroid dienone is 2. The molecule has 16 bridgehead atoms. The molecule has 8 aromatic carbocycles. The molecule has 0 unspecified atom stereocenters. The third-order valence-electron chi connectivity index (χ3n) is 19.4. The summed E-state index contributed by atoms with van der Waals surface area (Å²) in [5.41, 5.74) is 10.2. The van der Waals surface area contributed by atoms with Crippen molar-refractivity contribution in [1.82, 2.24) is 28.1 Å². The fourth-order valence-corrected chi connectivity index (χ4v) is 17.7. The molecule has 8 aliphatic heterocycles. The van der Waals surface area contributed by atoms with Gasteiger partial charge in [0.05, 0.1) is 0 Å². The van der Waals surface area contributed by atoms with Crippen molar-refractivity contribution in [3.63, 3.8) is 0 Å². The molecule has 9 aliphatic rings. The topological polar surface area (TPSA) is 26.2 Å². The molecule has 0 saturated carbocycles. The predicted molar refractivity (Wildman–Crippen MR) is 353 cm³/mol. The largest absolute Gasteiger partial charge is 0.380 e. The monoisotopic (exact) mass is 1220 g/mol. The fraction of sp³-hybridized carbons (Fsp3) is 0.227. The average molecular weight is 1220 g/mol. The van der Waals surface area contributed by atoms with E-state index < -0.39 is 28.9 Å². The maximum Gasteiger partial charge on any atom is 0.380 e. The van der Waals surface area contributed by atoms with Crippen LogP contribution in [0.4, 0.5) is 26.3 Å². The van der Waals surface area contributed by atoms with Crippen molar-refractivity contribution >= 4 is 121 Å². The lowest BCUT2D eigenvalue weighted by Gasteiger charge is -2.25. The Labute approximate surface area is 517 Å². The van der Waals surface area contributed by atoms with Gasteiger partial charge in [-0.3, -0.25) is 9.80 Å². The van der Waals surface area contributed by atoms with Crippen molar-refractivity contribution in [3.05, 3.63) is 235 Å². The van der Waals surface area contributed by atoms with Gasteiger partial charge in [0.15, 0.2) is 0 Å². The van der Waals surface area contributed by atoms with Crippen molar-refractivity contribution in [3.8, 4) is 0 Å². The van der Waals surface area contributed by atoms with Gasteiger partial charge in [-0.15, -0.1) is 22.7 Å². The van der Waals surface area contributed by atoms with Gasteiger partial charge in [-0.05, 0) is 145 Å². The normalized spacial score (nSPS) is 17.4. The Morgan fingerprint density at radius 2 is 0.607 bits per heavy atom. The highest BCUT2D eigenvalue weighted by molar-refractivity contribution is 7.12. The van der Waals surface area contributed by atoms with E-state index in [4.69, 9.17) is 0 Å². The summed E-state index contributed by atoms with van der Waals surface area (Å²) in [6.07, 6.45) is 1.84. The molecule has 89 heavy (non-hydrogen) atoms. The maximum atomic E-state index is 17.0. The molecular weight excluding hydrogens is 1160 g/mol. The number of alkyl halides is 6. The van der Waals surface area contributed by atoms with Gasteiger partial charge in [-0.2, -0.15) is 26.3 Å². The first kappa shape index (κ1) is 54.7. The fourth-order valence-electron chi connectivity index (χ4n) is 15.5. The van der Waals surface area contributed by atoms with E-state index in [0.717, 1.165) is 148 Å². The van der Waals surface area contributed by atoms with Crippen LogP contribution in [0.25, 0.3) is 98.4 Å². The quantitative estimate of drug-likeness (QED) is 0.155. The summed E-state index contributed by atoms with van der Waals surface area (Å²) < 4.78 is 110. The van der Waals surface area contributed by atoms with E-state index in [2.05, 4.69) is 198 Å². The Morgan fingerprint density at radius 3 is 0.899 bits per heavy atom. The van der Waals surface area contributed by atoms with Gasteiger partial charge in [0.25, 0.3) is 0 Å². The van der Waals surface area contributed by atoms with Crippen molar-refractivity contribution in [2.24, 2.45) is 0 Å². The van der Waals surface area contributed by atoms with Crippen LogP contribution in [0.1, 0.15) is 65.7 Å².